The lowest BCUT2D eigenvalue weighted by molar-refractivity contribution is -0.137. The van der Waals surface area contributed by atoms with Crippen molar-refractivity contribution in [3.05, 3.63) is 35.4 Å². The van der Waals surface area contributed by atoms with Crippen molar-refractivity contribution < 1.29 is 27.9 Å². The molecule has 1 aliphatic rings. The number of amides is 1. The van der Waals surface area contributed by atoms with E-state index in [4.69, 9.17) is 5.11 Å². The molecule has 1 aromatic carbocycles. The second-order valence-corrected chi connectivity index (χ2v) is 4.19. The molecule has 0 unspecified atom stereocenters. The predicted octanol–water partition coefficient (Wildman–Crippen LogP) is 2.69. The lowest BCUT2D eigenvalue weighted by atomic mass is 10.1. The maximum absolute atomic E-state index is 12.0. The van der Waals surface area contributed by atoms with Crippen molar-refractivity contribution in [3.63, 3.8) is 0 Å². The summed E-state index contributed by atoms with van der Waals surface area (Å²) in [6.45, 7) is 0.888. The third-order valence-corrected chi connectivity index (χ3v) is 2.61. The minimum absolute atomic E-state index is 0.159. The van der Waals surface area contributed by atoms with Crippen molar-refractivity contribution in [2.75, 3.05) is 6.54 Å². The van der Waals surface area contributed by atoms with E-state index in [1.807, 2.05) is 0 Å². The highest BCUT2D eigenvalue weighted by molar-refractivity contribution is 5.87. The highest BCUT2D eigenvalue weighted by Gasteiger charge is 2.30. The Morgan fingerprint density at radius 1 is 1.15 bits per heavy atom. The van der Waals surface area contributed by atoms with Gasteiger partial charge in [-0.05, 0) is 37.1 Å². The van der Waals surface area contributed by atoms with Crippen LogP contribution in [-0.2, 0) is 11.0 Å². The van der Waals surface area contributed by atoms with Crippen molar-refractivity contribution in [1.82, 2.24) is 5.32 Å². The molecule has 7 heteroatoms. The van der Waals surface area contributed by atoms with Gasteiger partial charge in [0.05, 0.1) is 11.1 Å². The summed E-state index contributed by atoms with van der Waals surface area (Å²) >= 11 is 0. The summed E-state index contributed by atoms with van der Waals surface area (Å²) < 4.78 is 35.9. The summed E-state index contributed by atoms with van der Waals surface area (Å²) in [5, 5.41) is 11.1. The fourth-order valence-corrected chi connectivity index (χ4v) is 1.53. The molecular weight excluding hydrogens is 275 g/mol. The molecule has 0 radical (unpaired) electrons. The smallest absolute Gasteiger partial charge is 0.416 e. The fourth-order valence-electron chi connectivity index (χ4n) is 1.53. The normalized spacial score (nSPS) is 14.8. The van der Waals surface area contributed by atoms with E-state index >= 15 is 0 Å². The van der Waals surface area contributed by atoms with Crippen LogP contribution in [0.5, 0.6) is 0 Å². The van der Waals surface area contributed by atoms with Gasteiger partial charge in [0.1, 0.15) is 0 Å². The summed E-state index contributed by atoms with van der Waals surface area (Å²) in [4.78, 5) is 20.6. The summed E-state index contributed by atoms with van der Waals surface area (Å²) in [5.41, 5.74) is -1.01. The first-order chi connectivity index (χ1) is 9.30. The molecule has 0 spiro atoms. The summed E-state index contributed by atoms with van der Waals surface area (Å²) in [6.07, 6.45) is -1.45. The number of rotatable bonds is 1. The molecule has 0 bridgehead atoms. The van der Waals surface area contributed by atoms with Gasteiger partial charge in [-0.25, -0.2) is 4.79 Å². The first-order valence-electron chi connectivity index (χ1n) is 5.98. The molecular formula is C13H14F3NO3. The van der Waals surface area contributed by atoms with Gasteiger partial charge < -0.3 is 10.4 Å². The number of halogens is 3. The van der Waals surface area contributed by atoms with E-state index in [1.54, 1.807) is 0 Å². The van der Waals surface area contributed by atoms with Crippen molar-refractivity contribution in [3.8, 4) is 0 Å². The van der Waals surface area contributed by atoms with E-state index in [0.717, 1.165) is 50.1 Å². The SMILES string of the molecule is O=C(O)c1ccc(C(F)(F)F)cc1.O=C1CCCCN1. The van der Waals surface area contributed by atoms with Crippen LogP contribution >= 0.6 is 0 Å². The van der Waals surface area contributed by atoms with Crippen LogP contribution in [0.2, 0.25) is 0 Å². The molecule has 0 aromatic heterocycles. The van der Waals surface area contributed by atoms with Crippen LogP contribution in [0.15, 0.2) is 24.3 Å². The molecule has 1 aromatic rings. The average molecular weight is 289 g/mol. The van der Waals surface area contributed by atoms with Crippen LogP contribution in [-0.4, -0.2) is 23.5 Å². The van der Waals surface area contributed by atoms with E-state index in [2.05, 4.69) is 5.32 Å². The predicted molar refractivity (Wildman–Crippen MR) is 65.3 cm³/mol. The first kappa shape index (κ1) is 16.0. The van der Waals surface area contributed by atoms with Crippen molar-refractivity contribution in [2.24, 2.45) is 0 Å². The number of carboxylic acids is 1. The number of piperidine rings is 1. The molecule has 1 aliphatic heterocycles. The van der Waals surface area contributed by atoms with Gasteiger partial charge in [-0.2, -0.15) is 13.2 Å². The number of aromatic carboxylic acids is 1. The summed E-state index contributed by atoms with van der Waals surface area (Å²) in [6, 6.07) is 3.32. The second-order valence-electron chi connectivity index (χ2n) is 4.19. The van der Waals surface area contributed by atoms with Crippen molar-refractivity contribution in [2.45, 2.75) is 25.4 Å². The lowest BCUT2D eigenvalue weighted by Gasteiger charge is -2.08. The molecule has 1 amide bonds. The summed E-state index contributed by atoms with van der Waals surface area (Å²) in [5.74, 6) is -1.03. The van der Waals surface area contributed by atoms with Crippen LogP contribution in [0.25, 0.3) is 0 Å². The van der Waals surface area contributed by atoms with Gasteiger partial charge in [0.25, 0.3) is 0 Å². The van der Waals surface area contributed by atoms with Crippen molar-refractivity contribution in [1.29, 1.82) is 0 Å². The molecule has 4 nitrogen and oxygen atoms in total. The topological polar surface area (TPSA) is 66.4 Å². The first-order valence-corrected chi connectivity index (χ1v) is 5.98. The summed E-state index contributed by atoms with van der Waals surface area (Å²) in [7, 11) is 0. The number of carbonyl (C=O) groups excluding carboxylic acids is 1. The number of alkyl halides is 3. The van der Waals surface area contributed by atoms with Gasteiger partial charge in [-0.15, -0.1) is 0 Å². The third-order valence-electron chi connectivity index (χ3n) is 2.61. The zero-order chi connectivity index (χ0) is 15.2. The Bertz CT molecular complexity index is 461. The number of carboxylic acid groups (broad SMARTS) is 1. The van der Waals surface area contributed by atoms with E-state index in [9.17, 15) is 22.8 Å². The highest BCUT2D eigenvalue weighted by Crippen LogP contribution is 2.28. The molecule has 20 heavy (non-hydrogen) atoms. The largest absolute Gasteiger partial charge is 0.478 e. The molecule has 1 heterocycles. The quantitative estimate of drug-likeness (QED) is 0.835. The van der Waals surface area contributed by atoms with E-state index in [0.29, 0.717) is 0 Å². The van der Waals surface area contributed by atoms with Crippen LogP contribution in [0, 0.1) is 0 Å². The minimum Gasteiger partial charge on any atom is -0.478 e. The average Bonchev–Trinajstić information content (AvgIpc) is 2.39. The number of benzene rings is 1. The minimum atomic E-state index is -4.42. The number of hydrogen-bond acceptors (Lipinski definition) is 2. The van der Waals surface area contributed by atoms with Crippen LogP contribution in [0.1, 0.15) is 35.2 Å². The van der Waals surface area contributed by atoms with E-state index in [1.165, 1.54) is 0 Å². The van der Waals surface area contributed by atoms with Crippen molar-refractivity contribution >= 4 is 11.9 Å². The Hall–Kier alpha value is -2.05. The van der Waals surface area contributed by atoms with Gasteiger partial charge in [0, 0.05) is 13.0 Å². The third kappa shape index (κ3) is 5.29. The maximum Gasteiger partial charge on any atom is 0.416 e. The Balaban J connectivity index is 0.000000240. The van der Waals surface area contributed by atoms with E-state index < -0.39 is 17.7 Å². The molecule has 0 saturated carbocycles. The van der Waals surface area contributed by atoms with E-state index in [-0.39, 0.29) is 11.5 Å². The Morgan fingerprint density at radius 3 is 2.05 bits per heavy atom. The Morgan fingerprint density at radius 2 is 1.75 bits per heavy atom. The molecule has 110 valence electrons. The molecule has 2 rings (SSSR count). The monoisotopic (exact) mass is 289 g/mol. The zero-order valence-corrected chi connectivity index (χ0v) is 10.5. The highest BCUT2D eigenvalue weighted by atomic mass is 19.4. The Kier molecular flexibility index (Phi) is 5.54. The van der Waals surface area contributed by atoms with Gasteiger partial charge in [-0.3, -0.25) is 4.79 Å². The molecule has 1 fully saturated rings. The van der Waals surface area contributed by atoms with Gasteiger partial charge in [0.15, 0.2) is 0 Å². The Labute approximate surface area is 113 Å². The van der Waals surface area contributed by atoms with Gasteiger partial charge in [0.2, 0.25) is 5.91 Å². The number of nitrogens with one attached hydrogen (secondary N) is 1. The van der Waals surface area contributed by atoms with Crippen LogP contribution in [0.4, 0.5) is 13.2 Å². The van der Waals surface area contributed by atoms with Crippen LogP contribution < -0.4 is 5.32 Å². The van der Waals surface area contributed by atoms with Gasteiger partial charge >= 0.3 is 12.1 Å². The zero-order valence-electron chi connectivity index (χ0n) is 10.5. The lowest BCUT2D eigenvalue weighted by Crippen LogP contribution is -2.28. The molecule has 0 atom stereocenters. The molecule has 2 N–H and O–H groups in total. The van der Waals surface area contributed by atoms with Gasteiger partial charge in [-0.1, -0.05) is 0 Å². The fraction of sp³-hybridized carbons (Fsp3) is 0.385. The standard InChI is InChI=1S/C8H5F3O2.C5H9NO/c9-8(10,11)6-3-1-5(2-4-6)7(12)13;7-5-3-1-2-4-6-5/h1-4H,(H,12,13);1-4H2,(H,6,7). The molecule has 0 aliphatic carbocycles. The molecule has 1 saturated heterocycles. The second kappa shape index (κ2) is 6.93. The van der Waals surface area contributed by atoms with Crippen LogP contribution in [0.3, 0.4) is 0 Å². The maximum atomic E-state index is 12.0. The number of hydrogen-bond donors (Lipinski definition) is 2. The number of carbonyl (C=O) groups is 2.